The van der Waals surface area contributed by atoms with Crippen LogP contribution in [0.1, 0.15) is 17.8 Å². The van der Waals surface area contributed by atoms with Crippen molar-refractivity contribution in [3.05, 3.63) is 42.0 Å². The predicted molar refractivity (Wildman–Crippen MR) is 79.1 cm³/mol. The van der Waals surface area contributed by atoms with Gasteiger partial charge in [0.1, 0.15) is 12.2 Å². The van der Waals surface area contributed by atoms with Crippen molar-refractivity contribution < 1.29 is 8.42 Å². The third-order valence-electron chi connectivity index (χ3n) is 3.01. The van der Waals surface area contributed by atoms with Crippen molar-refractivity contribution in [3.8, 4) is 0 Å². The number of H-pyrrole nitrogens is 1. The molecule has 0 saturated carbocycles. The lowest BCUT2D eigenvalue weighted by Crippen LogP contribution is -2.25. The molecular weight excluding hydrogens is 290 g/mol. The lowest BCUT2D eigenvalue weighted by molar-refractivity contribution is 0.578. The van der Waals surface area contributed by atoms with E-state index in [9.17, 15) is 8.42 Å². The van der Waals surface area contributed by atoms with E-state index in [0.29, 0.717) is 25.9 Å². The van der Waals surface area contributed by atoms with Gasteiger partial charge in [-0.3, -0.25) is 5.10 Å². The van der Waals surface area contributed by atoms with E-state index in [1.807, 2.05) is 0 Å². The van der Waals surface area contributed by atoms with Crippen molar-refractivity contribution in [2.75, 3.05) is 13.1 Å². The molecule has 2 rings (SSSR count). The number of rotatable bonds is 8. The molecule has 0 saturated heterocycles. The molecule has 1 heterocycles. The monoisotopic (exact) mass is 309 g/mol. The van der Waals surface area contributed by atoms with Gasteiger partial charge in [0.2, 0.25) is 10.0 Å². The summed E-state index contributed by atoms with van der Waals surface area (Å²) < 4.78 is 26.8. The second kappa shape index (κ2) is 7.30. The molecule has 7 nitrogen and oxygen atoms in total. The van der Waals surface area contributed by atoms with E-state index in [0.717, 1.165) is 17.8 Å². The first kappa shape index (κ1) is 15.6. The summed E-state index contributed by atoms with van der Waals surface area (Å²) in [5.41, 5.74) is 6.49. The van der Waals surface area contributed by atoms with Gasteiger partial charge in [-0.1, -0.05) is 12.1 Å². The average molecular weight is 309 g/mol. The van der Waals surface area contributed by atoms with Gasteiger partial charge < -0.3 is 5.73 Å². The van der Waals surface area contributed by atoms with Gasteiger partial charge in [-0.25, -0.2) is 18.1 Å². The first-order chi connectivity index (χ1) is 10.1. The van der Waals surface area contributed by atoms with Crippen LogP contribution in [0.25, 0.3) is 0 Å². The van der Waals surface area contributed by atoms with E-state index in [1.165, 1.54) is 6.33 Å². The Hall–Kier alpha value is -1.77. The van der Waals surface area contributed by atoms with E-state index in [4.69, 9.17) is 5.73 Å². The summed E-state index contributed by atoms with van der Waals surface area (Å²) in [6, 6.07) is 6.78. The summed E-state index contributed by atoms with van der Waals surface area (Å²) in [6.07, 6.45) is 3.48. The maximum absolute atomic E-state index is 12.1. The second-order valence-electron chi connectivity index (χ2n) is 4.62. The zero-order valence-electron chi connectivity index (χ0n) is 11.6. The van der Waals surface area contributed by atoms with Crippen LogP contribution in [0.4, 0.5) is 0 Å². The van der Waals surface area contributed by atoms with Crippen molar-refractivity contribution in [1.29, 1.82) is 0 Å². The van der Waals surface area contributed by atoms with Crippen LogP contribution in [0.15, 0.2) is 35.5 Å². The summed E-state index contributed by atoms with van der Waals surface area (Å²) in [5.74, 6) is 0.750. The molecule has 1 aromatic carbocycles. The Morgan fingerprint density at radius 3 is 2.57 bits per heavy atom. The van der Waals surface area contributed by atoms with Gasteiger partial charge in [-0.05, 0) is 37.1 Å². The standard InChI is InChI=1S/C13H19N5O2S/c14-8-7-11-3-5-12(6-4-11)21(19,20)17-9-1-2-13-15-10-16-18-13/h3-6,10,17H,1-2,7-9,14H2,(H,15,16,18). The third kappa shape index (κ3) is 4.62. The van der Waals surface area contributed by atoms with E-state index in [2.05, 4.69) is 19.9 Å². The van der Waals surface area contributed by atoms with Crippen LogP contribution in [0.2, 0.25) is 0 Å². The van der Waals surface area contributed by atoms with Crippen molar-refractivity contribution in [2.45, 2.75) is 24.2 Å². The predicted octanol–water partition coefficient (Wildman–Crippen LogP) is 0.217. The number of hydrogen-bond donors (Lipinski definition) is 3. The molecular formula is C13H19N5O2S. The number of sulfonamides is 1. The molecule has 0 aliphatic carbocycles. The number of benzene rings is 1. The molecule has 0 aliphatic rings. The summed E-state index contributed by atoms with van der Waals surface area (Å²) in [7, 11) is -3.46. The molecule has 2 aromatic rings. The highest BCUT2D eigenvalue weighted by Crippen LogP contribution is 2.10. The van der Waals surface area contributed by atoms with Crippen molar-refractivity contribution >= 4 is 10.0 Å². The summed E-state index contributed by atoms with van der Waals surface area (Å²) in [6.45, 7) is 0.902. The Bertz CT molecular complexity index is 638. The number of aromatic nitrogens is 3. The van der Waals surface area contributed by atoms with Crippen molar-refractivity contribution in [3.63, 3.8) is 0 Å². The topological polar surface area (TPSA) is 114 Å². The van der Waals surface area contributed by atoms with E-state index in [1.54, 1.807) is 24.3 Å². The van der Waals surface area contributed by atoms with Crippen LogP contribution in [0.5, 0.6) is 0 Å². The molecule has 0 amide bonds. The zero-order chi connectivity index (χ0) is 15.1. The average Bonchev–Trinajstić information content (AvgIpc) is 2.98. The SMILES string of the molecule is NCCc1ccc(S(=O)(=O)NCCCc2ncn[nH]2)cc1. The minimum atomic E-state index is -3.46. The lowest BCUT2D eigenvalue weighted by Gasteiger charge is -2.07. The fraction of sp³-hybridized carbons (Fsp3) is 0.385. The number of nitrogens with two attached hydrogens (primary N) is 1. The molecule has 1 aromatic heterocycles. The first-order valence-corrected chi connectivity index (χ1v) is 8.23. The number of aromatic amines is 1. The van der Waals surface area contributed by atoms with E-state index >= 15 is 0 Å². The highest BCUT2D eigenvalue weighted by atomic mass is 32.2. The van der Waals surface area contributed by atoms with Gasteiger partial charge >= 0.3 is 0 Å². The molecule has 0 radical (unpaired) electrons. The maximum Gasteiger partial charge on any atom is 0.240 e. The number of aryl methyl sites for hydroxylation is 1. The Labute approximate surface area is 124 Å². The third-order valence-corrected chi connectivity index (χ3v) is 4.49. The van der Waals surface area contributed by atoms with Crippen molar-refractivity contribution in [2.24, 2.45) is 5.73 Å². The highest BCUT2D eigenvalue weighted by molar-refractivity contribution is 7.89. The van der Waals surface area contributed by atoms with Gasteiger partial charge in [-0.2, -0.15) is 5.10 Å². The molecule has 0 unspecified atom stereocenters. The second-order valence-corrected chi connectivity index (χ2v) is 6.38. The fourth-order valence-electron chi connectivity index (χ4n) is 1.90. The van der Waals surface area contributed by atoms with Crippen LogP contribution < -0.4 is 10.5 Å². The van der Waals surface area contributed by atoms with Gasteiger partial charge in [-0.15, -0.1) is 0 Å². The molecule has 21 heavy (non-hydrogen) atoms. The Morgan fingerprint density at radius 2 is 1.95 bits per heavy atom. The number of nitrogens with zero attached hydrogens (tertiary/aromatic N) is 2. The molecule has 0 atom stereocenters. The summed E-state index contributed by atoms with van der Waals surface area (Å²) >= 11 is 0. The van der Waals surface area contributed by atoms with Crippen LogP contribution in [0, 0.1) is 0 Å². The fourth-order valence-corrected chi connectivity index (χ4v) is 2.97. The normalized spacial score (nSPS) is 11.7. The quantitative estimate of drug-likeness (QED) is 0.603. The molecule has 114 valence electrons. The highest BCUT2D eigenvalue weighted by Gasteiger charge is 2.12. The number of nitrogens with one attached hydrogen (secondary N) is 2. The van der Waals surface area contributed by atoms with Gasteiger partial charge in [0.05, 0.1) is 4.90 Å². The summed E-state index contributed by atoms with van der Waals surface area (Å²) in [4.78, 5) is 4.25. The maximum atomic E-state index is 12.1. The largest absolute Gasteiger partial charge is 0.330 e. The first-order valence-electron chi connectivity index (χ1n) is 6.75. The number of hydrogen-bond acceptors (Lipinski definition) is 5. The molecule has 0 aliphatic heterocycles. The Balaban J connectivity index is 1.85. The van der Waals surface area contributed by atoms with E-state index in [-0.39, 0.29) is 4.90 Å². The molecule has 4 N–H and O–H groups in total. The zero-order valence-corrected chi connectivity index (χ0v) is 12.4. The smallest absolute Gasteiger partial charge is 0.240 e. The Kier molecular flexibility index (Phi) is 5.43. The van der Waals surface area contributed by atoms with Crippen molar-refractivity contribution in [1.82, 2.24) is 19.9 Å². The Morgan fingerprint density at radius 1 is 1.19 bits per heavy atom. The summed E-state index contributed by atoms with van der Waals surface area (Å²) in [5, 5.41) is 6.47. The van der Waals surface area contributed by atoms with Crippen LogP contribution in [0.3, 0.4) is 0 Å². The molecule has 8 heteroatoms. The minimum Gasteiger partial charge on any atom is -0.330 e. The molecule has 0 spiro atoms. The van der Waals surface area contributed by atoms with Crippen LogP contribution >= 0.6 is 0 Å². The van der Waals surface area contributed by atoms with Crippen LogP contribution in [-0.4, -0.2) is 36.7 Å². The molecule has 0 bridgehead atoms. The van der Waals surface area contributed by atoms with E-state index < -0.39 is 10.0 Å². The van der Waals surface area contributed by atoms with Gasteiger partial charge in [0.15, 0.2) is 0 Å². The van der Waals surface area contributed by atoms with Gasteiger partial charge in [0, 0.05) is 13.0 Å². The minimum absolute atomic E-state index is 0.267. The lowest BCUT2D eigenvalue weighted by atomic mass is 10.2. The molecule has 0 fully saturated rings. The van der Waals surface area contributed by atoms with Crippen LogP contribution in [-0.2, 0) is 22.9 Å². The van der Waals surface area contributed by atoms with Gasteiger partial charge in [0.25, 0.3) is 0 Å².